The van der Waals surface area contributed by atoms with E-state index in [1.807, 2.05) is 6.07 Å². The van der Waals surface area contributed by atoms with E-state index in [1.165, 1.54) is 0 Å². The fraction of sp³-hybridized carbons (Fsp3) is 0.417. The third-order valence-corrected chi connectivity index (χ3v) is 2.39. The molecule has 0 radical (unpaired) electrons. The van der Waals surface area contributed by atoms with E-state index < -0.39 is 12.0 Å². The van der Waals surface area contributed by atoms with Gasteiger partial charge in [0.1, 0.15) is 6.04 Å². The third kappa shape index (κ3) is 4.92. The molecule has 1 rings (SSSR count). The summed E-state index contributed by atoms with van der Waals surface area (Å²) >= 11 is 0. The molecule has 0 saturated carbocycles. The SMILES string of the molecule is O=C(CCc1ccccn1)NC(CCO)C(=O)O. The van der Waals surface area contributed by atoms with Crippen LogP contribution in [0.2, 0.25) is 0 Å². The zero-order valence-electron chi connectivity index (χ0n) is 9.87. The Kier molecular flexibility index (Phi) is 5.79. The zero-order chi connectivity index (χ0) is 13.4. The number of carboxylic acids is 1. The smallest absolute Gasteiger partial charge is 0.326 e. The average Bonchev–Trinajstić information content (AvgIpc) is 2.37. The quantitative estimate of drug-likeness (QED) is 0.632. The van der Waals surface area contributed by atoms with Crippen LogP contribution in [0.25, 0.3) is 0 Å². The van der Waals surface area contributed by atoms with E-state index in [-0.39, 0.29) is 25.4 Å². The lowest BCUT2D eigenvalue weighted by Gasteiger charge is -2.12. The monoisotopic (exact) mass is 252 g/mol. The van der Waals surface area contributed by atoms with Gasteiger partial charge in [0, 0.05) is 31.3 Å². The number of amides is 1. The van der Waals surface area contributed by atoms with E-state index in [2.05, 4.69) is 10.3 Å². The highest BCUT2D eigenvalue weighted by atomic mass is 16.4. The molecule has 0 aliphatic rings. The number of hydrogen-bond acceptors (Lipinski definition) is 4. The lowest BCUT2D eigenvalue weighted by molar-refractivity contribution is -0.142. The molecule has 1 aromatic rings. The van der Waals surface area contributed by atoms with Crippen molar-refractivity contribution in [3.63, 3.8) is 0 Å². The maximum atomic E-state index is 11.5. The van der Waals surface area contributed by atoms with Crippen molar-refractivity contribution in [1.29, 1.82) is 0 Å². The van der Waals surface area contributed by atoms with Crippen LogP contribution in [0.1, 0.15) is 18.5 Å². The predicted molar refractivity (Wildman–Crippen MR) is 63.8 cm³/mol. The van der Waals surface area contributed by atoms with Crippen LogP contribution in [-0.2, 0) is 16.0 Å². The largest absolute Gasteiger partial charge is 0.480 e. The number of carbonyl (C=O) groups is 2. The van der Waals surface area contributed by atoms with Crippen molar-refractivity contribution in [2.24, 2.45) is 0 Å². The van der Waals surface area contributed by atoms with E-state index in [0.29, 0.717) is 6.42 Å². The minimum absolute atomic E-state index is 0.00462. The van der Waals surface area contributed by atoms with Crippen molar-refractivity contribution in [3.05, 3.63) is 30.1 Å². The van der Waals surface area contributed by atoms with Crippen LogP contribution in [0.5, 0.6) is 0 Å². The van der Waals surface area contributed by atoms with Gasteiger partial charge in [0.2, 0.25) is 5.91 Å². The molecule has 3 N–H and O–H groups in total. The van der Waals surface area contributed by atoms with Crippen LogP contribution in [0, 0.1) is 0 Å². The fourth-order valence-electron chi connectivity index (χ4n) is 1.44. The molecule has 1 aromatic heterocycles. The van der Waals surface area contributed by atoms with Gasteiger partial charge in [-0.1, -0.05) is 6.07 Å². The molecule has 18 heavy (non-hydrogen) atoms. The van der Waals surface area contributed by atoms with Gasteiger partial charge in [0.05, 0.1) is 0 Å². The molecule has 0 bridgehead atoms. The molecule has 6 nitrogen and oxygen atoms in total. The maximum absolute atomic E-state index is 11.5. The lowest BCUT2D eigenvalue weighted by Crippen LogP contribution is -2.41. The second-order valence-electron chi connectivity index (χ2n) is 3.79. The summed E-state index contributed by atoms with van der Waals surface area (Å²) in [7, 11) is 0. The van der Waals surface area contributed by atoms with Gasteiger partial charge in [-0.3, -0.25) is 9.78 Å². The molecular weight excluding hydrogens is 236 g/mol. The van der Waals surface area contributed by atoms with Crippen LogP contribution in [0.4, 0.5) is 0 Å². The molecule has 1 heterocycles. The minimum atomic E-state index is -1.14. The number of aliphatic carboxylic acids is 1. The highest BCUT2D eigenvalue weighted by molar-refractivity contribution is 5.83. The van der Waals surface area contributed by atoms with Gasteiger partial charge in [-0.15, -0.1) is 0 Å². The van der Waals surface area contributed by atoms with Crippen molar-refractivity contribution in [2.75, 3.05) is 6.61 Å². The molecule has 0 aliphatic heterocycles. The van der Waals surface area contributed by atoms with Crippen LogP contribution < -0.4 is 5.32 Å². The van der Waals surface area contributed by atoms with Crippen molar-refractivity contribution in [3.8, 4) is 0 Å². The van der Waals surface area contributed by atoms with Crippen molar-refractivity contribution in [2.45, 2.75) is 25.3 Å². The highest BCUT2D eigenvalue weighted by Gasteiger charge is 2.18. The molecule has 0 saturated heterocycles. The van der Waals surface area contributed by atoms with Crippen molar-refractivity contribution < 1.29 is 19.8 Å². The van der Waals surface area contributed by atoms with Gasteiger partial charge in [0.15, 0.2) is 0 Å². The summed E-state index contributed by atoms with van der Waals surface area (Å²) in [4.78, 5) is 26.3. The Labute approximate surface area is 105 Å². The summed E-state index contributed by atoms with van der Waals surface area (Å²) in [6.45, 7) is -0.280. The van der Waals surface area contributed by atoms with Gasteiger partial charge in [-0.2, -0.15) is 0 Å². The summed E-state index contributed by atoms with van der Waals surface area (Å²) < 4.78 is 0. The molecule has 98 valence electrons. The number of carbonyl (C=O) groups excluding carboxylic acids is 1. The number of nitrogens with one attached hydrogen (secondary N) is 1. The van der Waals surface area contributed by atoms with Gasteiger partial charge >= 0.3 is 5.97 Å². The highest BCUT2D eigenvalue weighted by Crippen LogP contribution is 1.99. The van der Waals surface area contributed by atoms with Crippen LogP contribution in [0.15, 0.2) is 24.4 Å². The zero-order valence-corrected chi connectivity index (χ0v) is 9.87. The fourth-order valence-corrected chi connectivity index (χ4v) is 1.44. The Morgan fingerprint density at radius 3 is 2.72 bits per heavy atom. The van der Waals surface area contributed by atoms with Gasteiger partial charge in [-0.25, -0.2) is 4.79 Å². The molecule has 1 atom stereocenters. The molecule has 0 spiro atoms. The van der Waals surface area contributed by atoms with Crippen molar-refractivity contribution >= 4 is 11.9 Å². The number of aryl methyl sites for hydroxylation is 1. The summed E-state index contributed by atoms with van der Waals surface area (Å²) in [5, 5.41) is 19.8. The number of aliphatic hydroxyl groups is 1. The Balaban J connectivity index is 2.39. The standard InChI is InChI=1S/C12H16N2O4/c15-8-6-10(12(17)18)14-11(16)5-4-9-3-1-2-7-13-9/h1-3,7,10,15H,4-6,8H2,(H,14,16)(H,17,18). The Bertz CT molecular complexity index is 394. The first-order chi connectivity index (χ1) is 8.63. The number of aromatic nitrogens is 1. The topological polar surface area (TPSA) is 99.5 Å². The molecule has 1 amide bonds. The summed E-state index contributed by atoms with van der Waals surface area (Å²) in [5.74, 6) is -1.50. The number of rotatable bonds is 7. The number of aliphatic hydroxyl groups excluding tert-OH is 1. The van der Waals surface area contributed by atoms with E-state index in [4.69, 9.17) is 10.2 Å². The van der Waals surface area contributed by atoms with Crippen LogP contribution in [0.3, 0.4) is 0 Å². The molecule has 0 aliphatic carbocycles. The second-order valence-corrected chi connectivity index (χ2v) is 3.79. The molecule has 1 unspecified atom stereocenters. The third-order valence-electron chi connectivity index (χ3n) is 2.39. The summed E-state index contributed by atoms with van der Waals surface area (Å²) in [6, 6.07) is 4.37. The van der Waals surface area contributed by atoms with Crippen LogP contribution in [-0.4, -0.2) is 39.7 Å². The molecule has 0 fully saturated rings. The maximum Gasteiger partial charge on any atom is 0.326 e. The average molecular weight is 252 g/mol. The van der Waals surface area contributed by atoms with E-state index in [1.54, 1.807) is 18.3 Å². The molecule has 0 aromatic carbocycles. The van der Waals surface area contributed by atoms with Gasteiger partial charge < -0.3 is 15.5 Å². The Morgan fingerprint density at radius 1 is 1.39 bits per heavy atom. The van der Waals surface area contributed by atoms with E-state index in [9.17, 15) is 9.59 Å². The Hall–Kier alpha value is -1.95. The van der Waals surface area contributed by atoms with Gasteiger partial charge in [-0.05, 0) is 18.6 Å². The molecule has 6 heteroatoms. The first-order valence-electron chi connectivity index (χ1n) is 5.66. The lowest BCUT2D eigenvalue weighted by atomic mass is 10.2. The normalized spacial score (nSPS) is 11.8. The number of nitrogens with zero attached hydrogens (tertiary/aromatic N) is 1. The second kappa shape index (κ2) is 7.39. The minimum Gasteiger partial charge on any atom is -0.480 e. The molecular formula is C12H16N2O4. The summed E-state index contributed by atoms with van der Waals surface area (Å²) in [5.41, 5.74) is 0.779. The van der Waals surface area contributed by atoms with Gasteiger partial charge in [0.25, 0.3) is 0 Å². The number of pyridine rings is 1. The number of carboxylic acid groups (broad SMARTS) is 1. The first-order valence-corrected chi connectivity index (χ1v) is 5.66. The van der Waals surface area contributed by atoms with Crippen molar-refractivity contribution in [1.82, 2.24) is 10.3 Å². The predicted octanol–water partition coefficient (Wildman–Crippen LogP) is -0.0340. The summed E-state index contributed by atoms with van der Waals surface area (Å²) in [6.07, 6.45) is 2.27. The van der Waals surface area contributed by atoms with E-state index in [0.717, 1.165) is 5.69 Å². The Morgan fingerprint density at radius 2 is 2.17 bits per heavy atom. The first kappa shape index (κ1) is 14.1. The van der Waals surface area contributed by atoms with Crippen LogP contribution >= 0.6 is 0 Å². The van der Waals surface area contributed by atoms with E-state index >= 15 is 0 Å². The number of hydrogen-bond donors (Lipinski definition) is 3.